The van der Waals surface area contributed by atoms with Crippen molar-refractivity contribution in [1.29, 1.82) is 0 Å². The van der Waals surface area contributed by atoms with Crippen LogP contribution in [-0.2, 0) is 26.0 Å². The van der Waals surface area contributed by atoms with Gasteiger partial charge in [0.1, 0.15) is 5.82 Å². The second-order valence-electron chi connectivity index (χ2n) is 9.85. The number of halogens is 1. The molecule has 1 aliphatic carbocycles. The van der Waals surface area contributed by atoms with Gasteiger partial charge in [0.25, 0.3) is 0 Å². The van der Waals surface area contributed by atoms with Gasteiger partial charge in [-0.3, -0.25) is 9.59 Å². The lowest BCUT2D eigenvalue weighted by molar-refractivity contribution is -0.125. The molecule has 2 aromatic rings. The van der Waals surface area contributed by atoms with E-state index in [2.05, 4.69) is 5.32 Å². The first-order chi connectivity index (χ1) is 16.7. The van der Waals surface area contributed by atoms with E-state index >= 15 is 0 Å². The molecule has 0 radical (unpaired) electrons. The molecule has 2 aliphatic heterocycles. The molecule has 7 nitrogen and oxygen atoms in total. The van der Waals surface area contributed by atoms with Crippen LogP contribution >= 0.6 is 0 Å². The first-order valence-electron chi connectivity index (χ1n) is 12.3. The first-order valence-corrected chi connectivity index (χ1v) is 13.7. The summed E-state index contributed by atoms with van der Waals surface area (Å²) >= 11 is 0. The third-order valence-corrected chi connectivity index (χ3v) is 9.43. The number of piperidine rings is 1. The molecular formula is C26H30FN3O4S. The number of sulfonamides is 1. The molecule has 9 heteroatoms. The molecule has 2 amide bonds. The molecule has 186 valence electrons. The number of nitrogens with one attached hydrogen (secondary N) is 1. The largest absolute Gasteiger partial charge is 0.326 e. The van der Waals surface area contributed by atoms with Crippen molar-refractivity contribution in [1.82, 2.24) is 4.31 Å². The summed E-state index contributed by atoms with van der Waals surface area (Å²) < 4.78 is 41.2. The molecule has 3 aliphatic rings. The number of carbonyl (C=O) groups excluding carboxylic acids is 2. The van der Waals surface area contributed by atoms with Gasteiger partial charge in [0.15, 0.2) is 0 Å². The molecule has 1 N–H and O–H groups in total. The van der Waals surface area contributed by atoms with Gasteiger partial charge in [-0.1, -0.05) is 6.42 Å². The average molecular weight is 500 g/mol. The fourth-order valence-electron chi connectivity index (χ4n) is 5.24. The number of nitrogens with zero attached hydrogens (tertiary/aromatic N) is 2. The number of hydrogen-bond donors (Lipinski definition) is 1. The van der Waals surface area contributed by atoms with Gasteiger partial charge in [-0.05, 0) is 87.1 Å². The molecule has 2 fully saturated rings. The zero-order valence-electron chi connectivity index (χ0n) is 19.7. The Labute approximate surface area is 205 Å². The van der Waals surface area contributed by atoms with E-state index in [0.29, 0.717) is 24.9 Å². The Hall–Kier alpha value is -2.78. The van der Waals surface area contributed by atoms with E-state index < -0.39 is 10.0 Å². The van der Waals surface area contributed by atoms with E-state index in [-0.39, 0.29) is 53.5 Å². The SMILES string of the molecule is CC1Cc2cc(S(=O)(=O)N3CCC(C(=O)Nc4ccc(F)cc4)CC3)ccc2N1C(=O)C1CCC1. The predicted molar refractivity (Wildman–Crippen MR) is 131 cm³/mol. The van der Waals surface area contributed by atoms with Crippen molar-refractivity contribution >= 4 is 33.2 Å². The van der Waals surface area contributed by atoms with Crippen molar-refractivity contribution in [2.24, 2.45) is 11.8 Å². The van der Waals surface area contributed by atoms with Crippen LogP contribution in [0.15, 0.2) is 47.4 Å². The Kier molecular flexibility index (Phi) is 6.40. The summed E-state index contributed by atoms with van der Waals surface area (Å²) in [4.78, 5) is 27.6. The first kappa shape index (κ1) is 23.9. The fraction of sp³-hybridized carbons (Fsp3) is 0.462. The Morgan fingerprint density at radius 1 is 0.971 bits per heavy atom. The number of amides is 2. The molecule has 35 heavy (non-hydrogen) atoms. The van der Waals surface area contributed by atoms with E-state index in [1.807, 2.05) is 11.8 Å². The van der Waals surface area contributed by atoms with Crippen molar-refractivity contribution in [2.75, 3.05) is 23.3 Å². The lowest BCUT2D eigenvalue weighted by Gasteiger charge is -2.32. The van der Waals surface area contributed by atoms with Gasteiger partial charge < -0.3 is 10.2 Å². The van der Waals surface area contributed by atoms with Crippen molar-refractivity contribution < 1.29 is 22.4 Å². The molecule has 0 bridgehead atoms. The Morgan fingerprint density at radius 2 is 1.66 bits per heavy atom. The van der Waals surface area contributed by atoms with Gasteiger partial charge in [0.05, 0.1) is 4.90 Å². The normalized spacial score (nSPS) is 21.4. The number of carbonyl (C=O) groups is 2. The third kappa shape index (κ3) is 4.59. The standard InChI is InChI=1S/C26H30FN3O4S/c1-17-15-20-16-23(9-10-24(20)30(17)26(32)19-3-2-4-19)35(33,34)29-13-11-18(12-14-29)25(31)28-22-7-5-21(27)6-8-22/h5-10,16-19H,2-4,11-15H2,1H3,(H,28,31). The van der Waals surface area contributed by atoms with Crippen LogP contribution in [0.25, 0.3) is 0 Å². The molecular weight excluding hydrogens is 469 g/mol. The summed E-state index contributed by atoms with van der Waals surface area (Å²) in [7, 11) is -3.70. The van der Waals surface area contributed by atoms with Crippen LogP contribution in [0.1, 0.15) is 44.6 Å². The van der Waals surface area contributed by atoms with Crippen molar-refractivity contribution in [3.05, 3.63) is 53.8 Å². The summed E-state index contributed by atoms with van der Waals surface area (Å²) in [5.74, 6) is -0.623. The summed E-state index contributed by atoms with van der Waals surface area (Å²) in [5, 5.41) is 2.78. The summed E-state index contributed by atoms with van der Waals surface area (Å²) in [6.07, 6.45) is 4.43. The number of anilines is 2. The zero-order chi connectivity index (χ0) is 24.7. The van der Waals surface area contributed by atoms with Crippen LogP contribution < -0.4 is 10.2 Å². The fourth-order valence-corrected chi connectivity index (χ4v) is 6.76. The van der Waals surface area contributed by atoms with Crippen LogP contribution in [0.4, 0.5) is 15.8 Å². The number of hydrogen-bond acceptors (Lipinski definition) is 4. The van der Waals surface area contributed by atoms with Gasteiger partial charge in [-0.25, -0.2) is 12.8 Å². The second kappa shape index (κ2) is 9.35. The van der Waals surface area contributed by atoms with Crippen LogP contribution in [0, 0.1) is 17.7 Å². The maximum atomic E-state index is 13.4. The predicted octanol–water partition coefficient (Wildman–Crippen LogP) is 3.94. The summed E-state index contributed by atoms with van der Waals surface area (Å²) in [6.45, 7) is 2.51. The van der Waals surface area contributed by atoms with Crippen LogP contribution in [0.5, 0.6) is 0 Å². The maximum absolute atomic E-state index is 13.4. The number of benzene rings is 2. The van der Waals surface area contributed by atoms with Gasteiger partial charge in [-0.2, -0.15) is 4.31 Å². The Morgan fingerprint density at radius 3 is 2.29 bits per heavy atom. The lowest BCUT2D eigenvalue weighted by atomic mass is 9.84. The number of rotatable bonds is 5. The van der Waals surface area contributed by atoms with Gasteiger partial charge >= 0.3 is 0 Å². The van der Waals surface area contributed by atoms with Crippen LogP contribution in [0.2, 0.25) is 0 Å². The molecule has 1 atom stereocenters. The monoisotopic (exact) mass is 499 g/mol. The molecule has 1 unspecified atom stereocenters. The topological polar surface area (TPSA) is 86.8 Å². The van der Waals surface area contributed by atoms with Crippen molar-refractivity contribution in [3.8, 4) is 0 Å². The van der Waals surface area contributed by atoms with E-state index in [1.54, 1.807) is 18.2 Å². The van der Waals surface area contributed by atoms with E-state index in [9.17, 15) is 22.4 Å². The van der Waals surface area contributed by atoms with Gasteiger partial charge in [0, 0.05) is 42.3 Å². The van der Waals surface area contributed by atoms with Gasteiger partial charge in [0.2, 0.25) is 21.8 Å². The highest BCUT2D eigenvalue weighted by molar-refractivity contribution is 7.89. The molecule has 1 saturated heterocycles. The number of fused-ring (bicyclic) bond motifs is 1. The molecule has 5 rings (SSSR count). The van der Waals surface area contributed by atoms with E-state index in [4.69, 9.17) is 0 Å². The smallest absolute Gasteiger partial charge is 0.243 e. The molecule has 2 heterocycles. The Balaban J connectivity index is 1.24. The van der Waals surface area contributed by atoms with Crippen molar-refractivity contribution in [2.45, 2.75) is 56.4 Å². The molecule has 0 aromatic heterocycles. The van der Waals surface area contributed by atoms with Crippen molar-refractivity contribution in [3.63, 3.8) is 0 Å². The maximum Gasteiger partial charge on any atom is 0.243 e. The zero-order valence-corrected chi connectivity index (χ0v) is 20.6. The molecule has 1 saturated carbocycles. The summed E-state index contributed by atoms with van der Waals surface area (Å²) in [6, 6.07) is 10.7. The summed E-state index contributed by atoms with van der Waals surface area (Å²) in [5.41, 5.74) is 2.23. The quantitative estimate of drug-likeness (QED) is 0.675. The van der Waals surface area contributed by atoms with E-state index in [0.717, 1.165) is 30.5 Å². The minimum Gasteiger partial charge on any atom is -0.326 e. The average Bonchev–Trinajstić information content (AvgIpc) is 3.14. The van der Waals surface area contributed by atoms with Crippen LogP contribution in [0.3, 0.4) is 0 Å². The van der Waals surface area contributed by atoms with Gasteiger partial charge in [-0.15, -0.1) is 0 Å². The second-order valence-corrected chi connectivity index (χ2v) is 11.8. The lowest BCUT2D eigenvalue weighted by Crippen LogP contribution is -2.42. The highest BCUT2D eigenvalue weighted by Gasteiger charge is 2.38. The van der Waals surface area contributed by atoms with Crippen LogP contribution in [-0.4, -0.2) is 43.7 Å². The minimum absolute atomic E-state index is 0.0198. The molecule has 2 aromatic carbocycles. The Bertz CT molecular complexity index is 1240. The highest BCUT2D eigenvalue weighted by Crippen LogP contribution is 2.38. The third-order valence-electron chi connectivity index (χ3n) is 7.53. The highest BCUT2D eigenvalue weighted by atomic mass is 32.2. The minimum atomic E-state index is -3.70. The molecule has 0 spiro atoms. The van der Waals surface area contributed by atoms with E-state index in [1.165, 1.54) is 28.6 Å².